The lowest BCUT2D eigenvalue weighted by molar-refractivity contribution is 0.114. The summed E-state index contributed by atoms with van der Waals surface area (Å²) in [6, 6.07) is 17.1. The average molecular weight is 445 g/mol. The van der Waals surface area contributed by atoms with E-state index in [4.69, 9.17) is 4.74 Å². The fraction of sp³-hybridized carbons (Fsp3) is 0.435. The normalized spacial score (nSPS) is 18.0. The molecular weight excluding hydrogens is 412 g/mol. The molecule has 1 fully saturated rings. The largest absolute Gasteiger partial charge is 0.377 e. The number of sulfonamides is 1. The van der Waals surface area contributed by atoms with Crippen LogP contribution in [0.1, 0.15) is 43.9 Å². The van der Waals surface area contributed by atoms with E-state index < -0.39 is 10.0 Å². The highest BCUT2D eigenvalue weighted by Gasteiger charge is 2.20. The average Bonchev–Trinajstić information content (AvgIpc) is 3.31. The smallest absolute Gasteiger partial charge is 0.240 e. The maximum atomic E-state index is 12.5. The third-order valence-corrected chi connectivity index (χ3v) is 6.61. The van der Waals surface area contributed by atoms with Crippen LogP contribution >= 0.6 is 0 Å². The van der Waals surface area contributed by atoms with Crippen molar-refractivity contribution in [2.24, 2.45) is 4.99 Å². The van der Waals surface area contributed by atoms with Crippen LogP contribution < -0.4 is 15.4 Å². The summed E-state index contributed by atoms with van der Waals surface area (Å²) in [6.45, 7) is 6.32. The first-order chi connectivity index (χ1) is 15.0. The van der Waals surface area contributed by atoms with Crippen molar-refractivity contribution in [1.29, 1.82) is 0 Å². The molecule has 2 unspecified atom stereocenters. The van der Waals surface area contributed by atoms with Crippen molar-refractivity contribution in [1.82, 2.24) is 15.4 Å². The van der Waals surface area contributed by atoms with E-state index >= 15 is 0 Å². The Morgan fingerprint density at radius 1 is 1.16 bits per heavy atom. The van der Waals surface area contributed by atoms with Gasteiger partial charge in [0, 0.05) is 19.7 Å². The zero-order chi connectivity index (χ0) is 22.1. The Morgan fingerprint density at radius 3 is 2.55 bits per heavy atom. The third kappa shape index (κ3) is 7.05. The Bertz CT molecular complexity index is 941. The number of guanidine groups is 1. The number of benzene rings is 2. The molecule has 2 atom stereocenters. The molecule has 3 rings (SSSR count). The van der Waals surface area contributed by atoms with Gasteiger partial charge in [0.25, 0.3) is 0 Å². The van der Waals surface area contributed by atoms with Crippen LogP contribution in [-0.2, 0) is 21.3 Å². The number of aliphatic imine (C=N–C) groups is 1. The molecule has 1 heterocycles. The summed E-state index contributed by atoms with van der Waals surface area (Å²) in [5.74, 6) is 0.716. The van der Waals surface area contributed by atoms with E-state index in [0.717, 1.165) is 24.9 Å². The van der Waals surface area contributed by atoms with Gasteiger partial charge in [0.1, 0.15) is 0 Å². The van der Waals surface area contributed by atoms with Gasteiger partial charge in [-0.3, -0.25) is 0 Å². The van der Waals surface area contributed by atoms with Gasteiger partial charge in [-0.05, 0) is 49.9 Å². The minimum absolute atomic E-state index is 0.0290. The van der Waals surface area contributed by atoms with Crippen molar-refractivity contribution in [3.05, 3.63) is 65.7 Å². The van der Waals surface area contributed by atoms with Gasteiger partial charge in [-0.25, -0.2) is 18.1 Å². The number of ether oxygens (including phenoxy) is 1. The van der Waals surface area contributed by atoms with Crippen molar-refractivity contribution >= 4 is 16.0 Å². The van der Waals surface area contributed by atoms with Crippen LogP contribution in [0.4, 0.5) is 0 Å². The van der Waals surface area contributed by atoms with Crippen LogP contribution in [0.3, 0.4) is 0 Å². The monoisotopic (exact) mass is 444 g/mol. The van der Waals surface area contributed by atoms with Crippen molar-refractivity contribution in [2.75, 3.05) is 19.7 Å². The first kappa shape index (κ1) is 23.2. The Balaban J connectivity index is 1.59. The molecule has 0 bridgehead atoms. The number of hydrogen-bond donors (Lipinski definition) is 3. The number of nitrogens with one attached hydrogen (secondary N) is 3. The quantitative estimate of drug-likeness (QED) is 0.409. The predicted octanol–water partition coefficient (Wildman–Crippen LogP) is 2.96. The van der Waals surface area contributed by atoms with Gasteiger partial charge in [0.2, 0.25) is 10.0 Å². The molecule has 0 spiro atoms. The Kier molecular flexibility index (Phi) is 8.45. The molecule has 8 heteroatoms. The molecule has 3 N–H and O–H groups in total. The van der Waals surface area contributed by atoms with Gasteiger partial charge < -0.3 is 15.4 Å². The lowest BCUT2D eigenvalue weighted by Gasteiger charge is -2.18. The second-order valence-corrected chi connectivity index (χ2v) is 9.37. The summed E-state index contributed by atoms with van der Waals surface area (Å²) in [7, 11) is -3.54. The van der Waals surface area contributed by atoms with E-state index in [9.17, 15) is 8.42 Å². The van der Waals surface area contributed by atoms with Gasteiger partial charge in [-0.15, -0.1) is 0 Å². The molecule has 1 aliphatic rings. The van der Waals surface area contributed by atoms with Crippen molar-refractivity contribution in [2.45, 2.75) is 50.3 Å². The lowest BCUT2D eigenvalue weighted by atomic mass is 10.1. The summed E-state index contributed by atoms with van der Waals surface area (Å²) < 4.78 is 33.1. The predicted molar refractivity (Wildman–Crippen MR) is 123 cm³/mol. The molecule has 0 aliphatic carbocycles. The van der Waals surface area contributed by atoms with E-state index in [-0.39, 0.29) is 17.0 Å². The molecule has 1 saturated heterocycles. The number of rotatable bonds is 9. The SMILES string of the molecule is CCNC(=NCc1ccc(S(=O)(=O)NCC2CCCO2)cc1)NC(C)c1ccccc1. The molecule has 0 amide bonds. The number of hydrogen-bond acceptors (Lipinski definition) is 4. The Morgan fingerprint density at radius 2 is 1.90 bits per heavy atom. The zero-order valence-corrected chi connectivity index (χ0v) is 19.0. The van der Waals surface area contributed by atoms with Crippen LogP contribution in [0.2, 0.25) is 0 Å². The van der Waals surface area contributed by atoms with Crippen LogP contribution in [0.5, 0.6) is 0 Å². The first-order valence-corrected chi connectivity index (χ1v) is 12.3. The van der Waals surface area contributed by atoms with E-state index in [1.807, 2.05) is 25.1 Å². The van der Waals surface area contributed by atoms with E-state index in [2.05, 4.69) is 39.4 Å². The summed E-state index contributed by atoms with van der Waals surface area (Å²) in [4.78, 5) is 4.89. The van der Waals surface area contributed by atoms with Gasteiger partial charge in [0.15, 0.2) is 5.96 Å². The van der Waals surface area contributed by atoms with E-state index in [1.54, 1.807) is 24.3 Å². The van der Waals surface area contributed by atoms with Gasteiger partial charge >= 0.3 is 0 Å². The van der Waals surface area contributed by atoms with Crippen LogP contribution in [0.25, 0.3) is 0 Å². The topological polar surface area (TPSA) is 91.8 Å². The number of nitrogens with zero attached hydrogens (tertiary/aromatic N) is 1. The van der Waals surface area contributed by atoms with Gasteiger partial charge in [-0.2, -0.15) is 0 Å². The zero-order valence-electron chi connectivity index (χ0n) is 18.2. The minimum Gasteiger partial charge on any atom is -0.377 e. The lowest BCUT2D eigenvalue weighted by Crippen LogP contribution is -2.38. The molecule has 0 radical (unpaired) electrons. The molecule has 7 nitrogen and oxygen atoms in total. The maximum absolute atomic E-state index is 12.5. The van der Waals surface area contributed by atoms with E-state index in [1.165, 1.54) is 5.56 Å². The fourth-order valence-corrected chi connectivity index (χ4v) is 4.45. The summed E-state index contributed by atoms with van der Waals surface area (Å²) in [5, 5.41) is 6.66. The minimum atomic E-state index is -3.54. The highest BCUT2D eigenvalue weighted by molar-refractivity contribution is 7.89. The molecular formula is C23H32N4O3S. The summed E-state index contributed by atoms with van der Waals surface area (Å²) in [5.41, 5.74) is 2.11. The van der Waals surface area contributed by atoms with Crippen LogP contribution in [0.15, 0.2) is 64.5 Å². The van der Waals surface area contributed by atoms with E-state index in [0.29, 0.717) is 25.7 Å². The Hall–Kier alpha value is -2.42. The molecule has 1 aliphatic heterocycles. The van der Waals surface area contributed by atoms with Crippen molar-refractivity contribution in [3.8, 4) is 0 Å². The highest BCUT2D eigenvalue weighted by Crippen LogP contribution is 2.15. The summed E-state index contributed by atoms with van der Waals surface area (Å²) in [6.07, 6.45) is 1.85. The first-order valence-electron chi connectivity index (χ1n) is 10.8. The van der Waals surface area contributed by atoms with Crippen molar-refractivity contribution < 1.29 is 13.2 Å². The second kappa shape index (κ2) is 11.3. The molecule has 2 aromatic carbocycles. The summed E-state index contributed by atoms with van der Waals surface area (Å²) >= 11 is 0. The highest BCUT2D eigenvalue weighted by atomic mass is 32.2. The molecule has 168 valence electrons. The fourth-order valence-electron chi connectivity index (χ4n) is 3.39. The van der Waals surface area contributed by atoms with Gasteiger partial charge in [-0.1, -0.05) is 42.5 Å². The molecule has 0 saturated carbocycles. The molecule has 2 aromatic rings. The van der Waals surface area contributed by atoms with Crippen LogP contribution in [0, 0.1) is 0 Å². The molecule has 0 aromatic heterocycles. The van der Waals surface area contributed by atoms with Crippen molar-refractivity contribution in [3.63, 3.8) is 0 Å². The third-order valence-electron chi connectivity index (χ3n) is 5.18. The Labute approximate surface area is 185 Å². The van der Waals surface area contributed by atoms with Gasteiger partial charge in [0.05, 0.1) is 23.6 Å². The second-order valence-electron chi connectivity index (χ2n) is 7.60. The molecule has 31 heavy (non-hydrogen) atoms. The van der Waals surface area contributed by atoms with Crippen LogP contribution in [-0.4, -0.2) is 40.2 Å². The maximum Gasteiger partial charge on any atom is 0.240 e. The standard InChI is InChI=1S/C23H32N4O3S/c1-3-24-23(27-18(2)20-8-5-4-6-9-20)25-16-19-11-13-22(14-12-19)31(28,29)26-17-21-10-7-15-30-21/h4-6,8-9,11-14,18,21,26H,3,7,10,15-17H2,1-2H3,(H2,24,25,27).